The van der Waals surface area contributed by atoms with E-state index in [9.17, 15) is 9.59 Å². The molecule has 0 aromatic carbocycles. The molecule has 0 bridgehead atoms. The van der Waals surface area contributed by atoms with Gasteiger partial charge in [0.05, 0.1) is 13.5 Å². The number of esters is 1. The van der Waals surface area contributed by atoms with Crippen LogP contribution in [0.4, 0.5) is 0 Å². The Morgan fingerprint density at radius 1 is 1.71 bits per heavy atom. The van der Waals surface area contributed by atoms with Gasteiger partial charge in [-0.1, -0.05) is 0 Å². The third kappa shape index (κ3) is 1.70. The van der Waals surface area contributed by atoms with E-state index in [1.165, 1.54) is 14.0 Å². The van der Waals surface area contributed by atoms with Crippen molar-refractivity contribution in [3.05, 3.63) is 0 Å². The van der Waals surface area contributed by atoms with Gasteiger partial charge in [0.15, 0.2) is 5.71 Å². The molecule has 0 aromatic heterocycles. The molecule has 14 heavy (non-hydrogen) atoms. The predicted molar refractivity (Wildman–Crippen MR) is 48.2 cm³/mol. The molecule has 0 aliphatic carbocycles. The van der Waals surface area contributed by atoms with Crippen LogP contribution in [0.2, 0.25) is 0 Å². The Labute approximate surface area is 80.2 Å². The molecule has 1 heterocycles. The second-order valence-corrected chi connectivity index (χ2v) is 2.60. The molecule has 0 atom stereocenters. The topological polar surface area (TPSA) is 97.3 Å². The molecule has 0 saturated carbocycles. The molecule has 2 N–H and O–H groups in total. The number of hydrogen-bond acceptors (Lipinski definition) is 6. The van der Waals surface area contributed by atoms with Crippen molar-refractivity contribution in [2.24, 2.45) is 16.0 Å². The first kappa shape index (κ1) is 10.2. The number of amidine groups is 1. The number of methoxy groups -OCH3 is 1. The third-order valence-electron chi connectivity index (χ3n) is 1.69. The van der Waals surface area contributed by atoms with Crippen LogP contribution in [-0.2, 0) is 14.3 Å². The number of carbonyl (C=O) groups excluding carboxylic acids is 2. The minimum absolute atomic E-state index is 0.0560. The fourth-order valence-electron chi connectivity index (χ4n) is 0.968. The Morgan fingerprint density at radius 2 is 2.36 bits per heavy atom. The molecule has 7 heteroatoms. The molecule has 0 spiro atoms. The fourth-order valence-corrected chi connectivity index (χ4v) is 0.968. The van der Waals surface area contributed by atoms with Crippen molar-refractivity contribution in [2.45, 2.75) is 13.3 Å². The maximum absolute atomic E-state index is 11.3. The lowest BCUT2D eigenvalue weighted by Gasteiger charge is -2.07. The molecule has 76 valence electrons. The quantitative estimate of drug-likeness (QED) is 0.193. The Hall–Kier alpha value is -1.92. The molecule has 1 aliphatic rings. The third-order valence-corrected chi connectivity index (χ3v) is 1.69. The van der Waals surface area contributed by atoms with Crippen molar-refractivity contribution in [1.29, 1.82) is 0 Å². The van der Waals surface area contributed by atoms with Gasteiger partial charge in [0, 0.05) is 0 Å². The SMILES string of the molecule is COC(=O)C1=NN(/C(C)=N/N)C(=O)C1. The molecule has 7 nitrogen and oxygen atoms in total. The van der Waals surface area contributed by atoms with Gasteiger partial charge in [-0.3, -0.25) is 4.79 Å². The average Bonchev–Trinajstić information content (AvgIpc) is 2.58. The standard InChI is InChI=1S/C7H10N4O3/c1-4(9-8)11-6(12)3-5(10-11)7(13)14-2/h3,8H2,1-2H3/b9-4+. The van der Waals surface area contributed by atoms with Gasteiger partial charge in [-0.15, -0.1) is 0 Å². The maximum atomic E-state index is 11.3. The van der Waals surface area contributed by atoms with Crippen LogP contribution in [0.15, 0.2) is 10.2 Å². The molecule has 1 aliphatic heterocycles. The van der Waals surface area contributed by atoms with E-state index in [2.05, 4.69) is 14.9 Å². The van der Waals surface area contributed by atoms with Gasteiger partial charge < -0.3 is 10.6 Å². The summed E-state index contributed by atoms with van der Waals surface area (Å²) >= 11 is 0. The Morgan fingerprint density at radius 3 is 2.86 bits per heavy atom. The first-order valence-electron chi connectivity index (χ1n) is 3.83. The Bertz CT molecular complexity index is 334. The lowest BCUT2D eigenvalue weighted by atomic mass is 10.3. The van der Waals surface area contributed by atoms with Crippen molar-refractivity contribution >= 4 is 23.4 Å². The van der Waals surface area contributed by atoms with Crippen molar-refractivity contribution in [3.8, 4) is 0 Å². The van der Waals surface area contributed by atoms with E-state index in [0.717, 1.165) is 5.01 Å². The van der Waals surface area contributed by atoms with Gasteiger partial charge in [0.2, 0.25) is 0 Å². The lowest BCUT2D eigenvalue weighted by molar-refractivity contribution is -0.133. The summed E-state index contributed by atoms with van der Waals surface area (Å²) in [5.41, 5.74) is 0.0560. The van der Waals surface area contributed by atoms with Crippen molar-refractivity contribution in [3.63, 3.8) is 0 Å². The van der Waals surface area contributed by atoms with Crippen LogP contribution in [-0.4, -0.2) is 35.5 Å². The molecule has 0 fully saturated rings. The van der Waals surface area contributed by atoms with Crippen LogP contribution in [0, 0.1) is 0 Å². The van der Waals surface area contributed by atoms with Crippen molar-refractivity contribution < 1.29 is 14.3 Å². The smallest absolute Gasteiger partial charge is 0.354 e. The molecule has 0 saturated heterocycles. The Kier molecular flexibility index (Phi) is 2.80. The number of carbonyl (C=O) groups is 2. The van der Waals surface area contributed by atoms with Crippen LogP contribution < -0.4 is 5.84 Å². The predicted octanol–water partition coefficient (Wildman–Crippen LogP) is -0.960. The number of nitrogens with zero attached hydrogens (tertiary/aromatic N) is 3. The largest absolute Gasteiger partial charge is 0.464 e. The molecule has 0 unspecified atom stereocenters. The first-order valence-corrected chi connectivity index (χ1v) is 3.83. The fraction of sp³-hybridized carbons (Fsp3) is 0.429. The van der Waals surface area contributed by atoms with E-state index in [1.807, 2.05) is 0 Å². The van der Waals surface area contributed by atoms with Gasteiger partial charge in [-0.2, -0.15) is 15.2 Å². The summed E-state index contributed by atoms with van der Waals surface area (Å²) in [6.45, 7) is 1.52. The normalized spacial score (nSPS) is 17.0. The monoisotopic (exact) mass is 198 g/mol. The van der Waals surface area contributed by atoms with Gasteiger partial charge in [0.25, 0.3) is 5.91 Å². The zero-order valence-corrected chi connectivity index (χ0v) is 7.85. The highest BCUT2D eigenvalue weighted by Gasteiger charge is 2.30. The summed E-state index contributed by atoms with van der Waals surface area (Å²) in [6.07, 6.45) is -0.0838. The Balaban J connectivity index is 2.87. The van der Waals surface area contributed by atoms with Crippen LogP contribution in [0.5, 0.6) is 0 Å². The number of hydrogen-bond donors (Lipinski definition) is 1. The highest BCUT2D eigenvalue weighted by molar-refractivity contribution is 6.41. The highest BCUT2D eigenvalue weighted by Crippen LogP contribution is 2.09. The summed E-state index contributed by atoms with van der Waals surface area (Å²) < 4.78 is 4.42. The molecule has 1 amide bonds. The summed E-state index contributed by atoms with van der Waals surface area (Å²) in [6, 6.07) is 0. The van der Waals surface area contributed by atoms with E-state index in [4.69, 9.17) is 5.84 Å². The number of nitrogens with two attached hydrogens (primary N) is 1. The van der Waals surface area contributed by atoms with Crippen LogP contribution >= 0.6 is 0 Å². The lowest BCUT2D eigenvalue weighted by Crippen LogP contribution is -2.26. The van der Waals surface area contributed by atoms with Gasteiger partial charge in [0.1, 0.15) is 5.84 Å². The zero-order valence-electron chi connectivity index (χ0n) is 7.85. The average molecular weight is 198 g/mol. The number of ether oxygens (including phenoxy) is 1. The molecule has 1 rings (SSSR count). The second kappa shape index (κ2) is 3.86. The summed E-state index contributed by atoms with van der Waals surface area (Å²) in [5, 5.41) is 8.01. The van der Waals surface area contributed by atoms with Gasteiger partial charge in [-0.05, 0) is 6.92 Å². The number of amides is 1. The summed E-state index contributed by atoms with van der Waals surface area (Å²) in [7, 11) is 1.22. The molecular weight excluding hydrogens is 188 g/mol. The van der Waals surface area contributed by atoms with Crippen molar-refractivity contribution in [1.82, 2.24) is 5.01 Å². The maximum Gasteiger partial charge on any atom is 0.354 e. The van der Waals surface area contributed by atoms with E-state index in [-0.39, 0.29) is 23.9 Å². The summed E-state index contributed by atoms with van der Waals surface area (Å²) in [4.78, 5) is 22.3. The highest BCUT2D eigenvalue weighted by atomic mass is 16.5. The first-order chi connectivity index (χ1) is 6.60. The van der Waals surface area contributed by atoms with E-state index in [0.29, 0.717) is 0 Å². The zero-order chi connectivity index (χ0) is 10.7. The van der Waals surface area contributed by atoms with Crippen LogP contribution in [0.25, 0.3) is 0 Å². The minimum atomic E-state index is -0.620. The van der Waals surface area contributed by atoms with Crippen LogP contribution in [0.1, 0.15) is 13.3 Å². The van der Waals surface area contributed by atoms with Crippen LogP contribution in [0.3, 0.4) is 0 Å². The second-order valence-electron chi connectivity index (χ2n) is 2.60. The van der Waals surface area contributed by atoms with Gasteiger partial charge in [-0.25, -0.2) is 4.79 Å². The van der Waals surface area contributed by atoms with E-state index in [1.54, 1.807) is 0 Å². The van der Waals surface area contributed by atoms with E-state index < -0.39 is 5.97 Å². The number of rotatable bonds is 1. The molecule has 0 aromatic rings. The van der Waals surface area contributed by atoms with Crippen molar-refractivity contribution in [2.75, 3.05) is 7.11 Å². The summed E-state index contributed by atoms with van der Waals surface area (Å²) in [5.74, 6) is 4.24. The van der Waals surface area contributed by atoms with Gasteiger partial charge >= 0.3 is 5.97 Å². The minimum Gasteiger partial charge on any atom is -0.464 e. The number of hydrazone groups is 2. The van der Waals surface area contributed by atoms with E-state index >= 15 is 0 Å². The molecule has 0 radical (unpaired) electrons. The molecular formula is C7H10N4O3.